The highest BCUT2D eigenvalue weighted by molar-refractivity contribution is 5.93. The first-order valence-corrected chi connectivity index (χ1v) is 8.27. The Bertz CT molecular complexity index is 1050. The van der Waals surface area contributed by atoms with Gasteiger partial charge in [-0.1, -0.05) is 24.3 Å². The molecule has 0 aliphatic carbocycles. The van der Waals surface area contributed by atoms with Crippen molar-refractivity contribution in [3.05, 3.63) is 105 Å². The average Bonchev–Trinajstić information content (AvgIpc) is 2.62. The maximum absolute atomic E-state index is 13.9. The number of benzene rings is 2. The highest BCUT2D eigenvalue weighted by Crippen LogP contribution is 2.18. The topological polar surface area (TPSA) is 39.1 Å². The summed E-state index contributed by atoms with van der Waals surface area (Å²) in [5.74, 6) is -2.39. The van der Waals surface area contributed by atoms with Crippen molar-refractivity contribution in [1.29, 1.82) is 0 Å². The van der Waals surface area contributed by atoms with Crippen LogP contribution in [0.25, 0.3) is 0 Å². The number of carbonyl (C=O) groups is 1. The van der Waals surface area contributed by atoms with Gasteiger partial charge in [0.25, 0.3) is 5.56 Å². The second kappa shape index (κ2) is 7.61. The third-order valence-corrected chi connectivity index (χ3v) is 4.26. The summed E-state index contributed by atoms with van der Waals surface area (Å²) in [6.07, 6.45) is 1.25. The summed E-state index contributed by atoms with van der Waals surface area (Å²) >= 11 is 0. The van der Waals surface area contributed by atoms with Crippen LogP contribution >= 0.6 is 0 Å². The number of hydrogen-bond donors (Lipinski definition) is 0. The van der Waals surface area contributed by atoms with Gasteiger partial charge in [-0.25, -0.2) is 13.2 Å². The summed E-state index contributed by atoms with van der Waals surface area (Å²) in [4.78, 5) is 24.4. The molecule has 3 aromatic rings. The molecule has 0 spiro atoms. The van der Waals surface area contributed by atoms with E-state index in [9.17, 15) is 22.8 Å². The Morgan fingerprint density at radius 1 is 0.963 bits per heavy atom. The van der Waals surface area contributed by atoms with Crippen molar-refractivity contribution in [2.24, 2.45) is 0 Å². The molecule has 0 fully saturated rings. The molecule has 0 unspecified atom stereocenters. The molecule has 2 aromatic carbocycles. The first-order valence-electron chi connectivity index (χ1n) is 8.27. The van der Waals surface area contributed by atoms with Crippen molar-refractivity contribution in [1.82, 2.24) is 4.57 Å². The second-order valence-corrected chi connectivity index (χ2v) is 6.22. The van der Waals surface area contributed by atoms with Crippen molar-refractivity contribution >= 4 is 5.78 Å². The molecule has 1 heterocycles. The van der Waals surface area contributed by atoms with E-state index in [1.807, 2.05) is 0 Å². The fourth-order valence-electron chi connectivity index (χ4n) is 2.88. The number of ketones is 1. The zero-order valence-corrected chi connectivity index (χ0v) is 14.5. The van der Waals surface area contributed by atoms with Crippen LogP contribution in [0.3, 0.4) is 0 Å². The van der Waals surface area contributed by atoms with Crippen molar-refractivity contribution in [3.8, 4) is 0 Å². The molecule has 0 bridgehead atoms. The first-order chi connectivity index (χ1) is 12.9. The van der Waals surface area contributed by atoms with E-state index in [1.54, 1.807) is 6.07 Å². The van der Waals surface area contributed by atoms with Crippen LogP contribution in [0.2, 0.25) is 0 Å². The Balaban J connectivity index is 2.08. The van der Waals surface area contributed by atoms with Gasteiger partial charge in [-0.15, -0.1) is 0 Å². The lowest BCUT2D eigenvalue weighted by molar-refractivity contribution is 0.101. The highest BCUT2D eigenvalue weighted by Gasteiger charge is 2.15. The van der Waals surface area contributed by atoms with Gasteiger partial charge in [0.15, 0.2) is 5.78 Å². The smallest absolute Gasteiger partial charge is 0.261 e. The number of rotatable bonds is 5. The number of nitrogens with zero attached hydrogens (tertiary/aromatic N) is 1. The second-order valence-electron chi connectivity index (χ2n) is 6.22. The Morgan fingerprint density at radius 2 is 1.59 bits per heavy atom. The minimum absolute atomic E-state index is 0.0978. The Labute approximate surface area is 153 Å². The summed E-state index contributed by atoms with van der Waals surface area (Å²) in [5.41, 5.74) is -0.212. The van der Waals surface area contributed by atoms with Gasteiger partial charge >= 0.3 is 0 Å². The predicted molar refractivity (Wildman–Crippen MR) is 95.4 cm³/mol. The molecule has 6 heteroatoms. The highest BCUT2D eigenvalue weighted by atomic mass is 19.1. The van der Waals surface area contributed by atoms with Crippen LogP contribution in [0.5, 0.6) is 0 Å². The fraction of sp³-hybridized carbons (Fsp3) is 0.143. The van der Waals surface area contributed by atoms with Crippen molar-refractivity contribution in [3.63, 3.8) is 0 Å². The van der Waals surface area contributed by atoms with E-state index < -0.39 is 28.8 Å². The van der Waals surface area contributed by atoms with Crippen LogP contribution < -0.4 is 5.56 Å². The van der Waals surface area contributed by atoms with Crippen LogP contribution in [0, 0.1) is 17.5 Å². The van der Waals surface area contributed by atoms with Crippen molar-refractivity contribution < 1.29 is 18.0 Å². The van der Waals surface area contributed by atoms with E-state index in [0.717, 1.165) is 12.1 Å². The molecule has 3 nitrogen and oxygen atoms in total. The Hall–Kier alpha value is -3.15. The molecule has 1 aromatic heterocycles. The number of hydrogen-bond acceptors (Lipinski definition) is 2. The lowest BCUT2D eigenvalue weighted by Gasteiger charge is -2.12. The molecule has 0 saturated heterocycles. The van der Waals surface area contributed by atoms with E-state index in [-0.39, 0.29) is 29.7 Å². The SMILES string of the molecule is CC(=O)c1cc(Cc2c(F)cccc2F)cn(Cc2ccccc2F)c1=O. The molecule has 0 saturated carbocycles. The fourth-order valence-corrected chi connectivity index (χ4v) is 2.88. The monoisotopic (exact) mass is 371 g/mol. The molecule has 138 valence electrons. The maximum Gasteiger partial charge on any atom is 0.261 e. The molecule has 0 radical (unpaired) electrons. The van der Waals surface area contributed by atoms with Gasteiger partial charge < -0.3 is 4.57 Å². The zero-order valence-electron chi connectivity index (χ0n) is 14.5. The van der Waals surface area contributed by atoms with E-state index >= 15 is 0 Å². The lowest BCUT2D eigenvalue weighted by atomic mass is 10.0. The van der Waals surface area contributed by atoms with Gasteiger partial charge in [0, 0.05) is 23.7 Å². The molecule has 0 aliphatic heterocycles. The van der Waals surface area contributed by atoms with Crippen LogP contribution in [0.1, 0.15) is 34.0 Å². The molecule has 0 amide bonds. The molecule has 0 aliphatic rings. The normalized spacial score (nSPS) is 10.8. The Kier molecular flexibility index (Phi) is 5.26. The number of carbonyl (C=O) groups excluding carboxylic acids is 1. The van der Waals surface area contributed by atoms with Gasteiger partial charge in [0.1, 0.15) is 17.5 Å². The number of Topliss-reactive ketones (excluding diaryl/α,β-unsaturated/α-hetero) is 1. The third-order valence-electron chi connectivity index (χ3n) is 4.26. The number of halogens is 3. The molecule has 0 atom stereocenters. The summed E-state index contributed by atoms with van der Waals surface area (Å²) in [6.45, 7) is 1.14. The summed E-state index contributed by atoms with van der Waals surface area (Å²) in [5, 5.41) is 0. The van der Waals surface area contributed by atoms with Crippen LogP contribution in [-0.2, 0) is 13.0 Å². The van der Waals surface area contributed by atoms with Crippen LogP contribution in [0.15, 0.2) is 59.5 Å². The van der Waals surface area contributed by atoms with Gasteiger partial charge in [-0.05, 0) is 36.8 Å². The van der Waals surface area contributed by atoms with E-state index in [4.69, 9.17) is 0 Å². The summed E-state index contributed by atoms with van der Waals surface area (Å²) in [6, 6.07) is 10.8. The molecule has 27 heavy (non-hydrogen) atoms. The van der Waals surface area contributed by atoms with E-state index in [0.29, 0.717) is 5.56 Å². The number of pyridine rings is 1. The minimum atomic E-state index is -0.716. The number of aromatic nitrogens is 1. The Morgan fingerprint density at radius 3 is 2.22 bits per heavy atom. The van der Waals surface area contributed by atoms with Gasteiger partial charge in [-0.2, -0.15) is 0 Å². The van der Waals surface area contributed by atoms with Gasteiger partial charge in [-0.3, -0.25) is 9.59 Å². The third kappa shape index (κ3) is 4.00. The zero-order chi connectivity index (χ0) is 19.6. The summed E-state index contributed by atoms with van der Waals surface area (Å²) in [7, 11) is 0. The maximum atomic E-state index is 13.9. The standard InChI is InChI=1S/C21H16F3NO2/c1-13(26)16-9-14(10-17-19(23)7-4-8-20(17)24)11-25(21(16)27)12-15-5-2-3-6-18(15)22/h2-9,11H,10,12H2,1H3. The van der Waals surface area contributed by atoms with Gasteiger partial charge in [0.05, 0.1) is 12.1 Å². The first kappa shape index (κ1) is 18.6. The van der Waals surface area contributed by atoms with E-state index in [2.05, 4.69) is 0 Å². The van der Waals surface area contributed by atoms with Crippen LogP contribution in [-0.4, -0.2) is 10.4 Å². The molecular formula is C21H16F3NO2. The predicted octanol–water partition coefficient (Wildman–Crippen LogP) is 4.11. The van der Waals surface area contributed by atoms with Gasteiger partial charge in [0.2, 0.25) is 0 Å². The average molecular weight is 371 g/mol. The lowest BCUT2D eigenvalue weighted by Crippen LogP contribution is -2.27. The molecular weight excluding hydrogens is 355 g/mol. The van der Waals surface area contributed by atoms with Crippen molar-refractivity contribution in [2.75, 3.05) is 0 Å². The minimum Gasteiger partial charge on any atom is -0.310 e. The largest absolute Gasteiger partial charge is 0.310 e. The quantitative estimate of drug-likeness (QED) is 0.633. The van der Waals surface area contributed by atoms with E-state index in [1.165, 1.54) is 48.0 Å². The van der Waals surface area contributed by atoms with Crippen molar-refractivity contribution in [2.45, 2.75) is 19.9 Å². The summed E-state index contributed by atoms with van der Waals surface area (Å²) < 4.78 is 43.0. The van der Waals surface area contributed by atoms with Crippen LogP contribution in [0.4, 0.5) is 13.2 Å². The molecule has 3 rings (SSSR count). The molecule has 0 N–H and O–H groups in total.